The summed E-state index contributed by atoms with van der Waals surface area (Å²) >= 11 is 0. The lowest BCUT2D eigenvalue weighted by atomic mass is 10.1. The predicted octanol–water partition coefficient (Wildman–Crippen LogP) is 3.18. The summed E-state index contributed by atoms with van der Waals surface area (Å²) in [5.74, 6) is 0.784. The lowest BCUT2D eigenvalue weighted by Crippen LogP contribution is -2.39. The van der Waals surface area contributed by atoms with Crippen molar-refractivity contribution in [2.45, 2.75) is 51.9 Å². The number of carbonyl (C=O) groups is 2. The van der Waals surface area contributed by atoms with Crippen LogP contribution in [0, 0.1) is 12.8 Å². The van der Waals surface area contributed by atoms with Gasteiger partial charge in [-0.25, -0.2) is 0 Å². The normalized spacial score (nSPS) is 19.1. The second-order valence-electron chi connectivity index (χ2n) is 7.53. The fraction of sp³-hybridized carbons (Fsp3) is 0.619. The van der Waals surface area contributed by atoms with E-state index < -0.39 is 0 Å². The molecule has 1 saturated heterocycles. The van der Waals surface area contributed by atoms with Gasteiger partial charge in [0.15, 0.2) is 0 Å². The standard InChI is InChI=1S/C21H30N2O2/c1-17-6-4-7-18(16-17)10-11-20(24)22-12-5-13-23(15-14-22)21(25)19-8-2-3-9-19/h4,6-7,16,19H,2-3,5,8-15H2,1H3. The summed E-state index contributed by atoms with van der Waals surface area (Å²) in [7, 11) is 0. The number of rotatable bonds is 4. The van der Waals surface area contributed by atoms with Gasteiger partial charge in [-0.2, -0.15) is 0 Å². The van der Waals surface area contributed by atoms with E-state index >= 15 is 0 Å². The first kappa shape index (κ1) is 18.0. The Kier molecular flexibility index (Phi) is 6.11. The Morgan fingerprint density at radius 3 is 2.48 bits per heavy atom. The molecule has 2 aliphatic rings. The van der Waals surface area contributed by atoms with Crippen molar-refractivity contribution in [3.63, 3.8) is 0 Å². The van der Waals surface area contributed by atoms with Gasteiger partial charge in [0, 0.05) is 38.5 Å². The van der Waals surface area contributed by atoms with Crippen molar-refractivity contribution >= 4 is 11.8 Å². The summed E-state index contributed by atoms with van der Waals surface area (Å²) in [6, 6.07) is 8.37. The van der Waals surface area contributed by atoms with E-state index in [9.17, 15) is 9.59 Å². The lowest BCUT2D eigenvalue weighted by Gasteiger charge is -2.24. The van der Waals surface area contributed by atoms with Crippen LogP contribution in [0.3, 0.4) is 0 Å². The molecule has 1 aromatic carbocycles. The minimum absolute atomic E-state index is 0.219. The Labute approximate surface area is 151 Å². The van der Waals surface area contributed by atoms with Gasteiger partial charge in [-0.15, -0.1) is 0 Å². The van der Waals surface area contributed by atoms with E-state index in [0.717, 1.165) is 38.8 Å². The molecule has 1 aliphatic carbocycles. The molecule has 0 bridgehead atoms. The quantitative estimate of drug-likeness (QED) is 0.843. The third kappa shape index (κ3) is 4.83. The van der Waals surface area contributed by atoms with Crippen molar-refractivity contribution in [3.05, 3.63) is 35.4 Å². The molecule has 0 N–H and O–H groups in total. The second-order valence-corrected chi connectivity index (χ2v) is 7.53. The number of hydrogen-bond acceptors (Lipinski definition) is 2. The number of benzene rings is 1. The van der Waals surface area contributed by atoms with Gasteiger partial charge in [0.05, 0.1) is 0 Å². The van der Waals surface area contributed by atoms with Crippen molar-refractivity contribution < 1.29 is 9.59 Å². The summed E-state index contributed by atoms with van der Waals surface area (Å²) in [6.07, 6.45) is 6.72. The first-order valence-corrected chi connectivity index (χ1v) is 9.75. The van der Waals surface area contributed by atoms with Crippen LogP contribution in [0.4, 0.5) is 0 Å². The van der Waals surface area contributed by atoms with Gasteiger partial charge in [0.1, 0.15) is 0 Å². The number of amides is 2. The van der Waals surface area contributed by atoms with Crippen LogP contribution >= 0.6 is 0 Å². The minimum atomic E-state index is 0.219. The SMILES string of the molecule is Cc1cccc(CCC(=O)N2CCCN(C(=O)C3CCCC3)CC2)c1. The van der Waals surface area contributed by atoms with Crippen LogP contribution in [-0.4, -0.2) is 47.8 Å². The van der Waals surface area contributed by atoms with Crippen LogP contribution in [0.5, 0.6) is 0 Å². The Morgan fingerprint density at radius 1 is 1.00 bits per heavy atom. The maximum Gasteiger partial charge on any atom is 0.225 e. The van der Waals surface area contributed by atoms with Crippen molar-refractivity contribution in [3.8, 4) is 0 Å². The summed E-state index contributed by atoms with van der Waals surface area (Å²) in [5.41, 5.74) is 2.46. The average molecular weight is 342 g/mol. The number of hydrogen-bond donors (Lipinski definition) is 0. The van der Waals surface area contributed by atoms with E-state index in [0.29, 0.717) is 25.4 Å². The molecule has 1 saturated carbocycles. The third-order valence-corrected chi connectivity index (χ3v) is 5.57. The molecule has 1 aromatic rings. The average Bonchev–Trinajstić information content (AvgIpc) is 3.03. The molecule has 0 unspecified atom stereocenters. The van der Waals surface area contributed by atoms with Gasteiger partial charge < -0.3 is 9.80 Å². The molecule has 0 atom stereocenters. The van der Waals surface area contributed by atoms with Crippen LogP contribution in [-0.2, 0) is 16.0 Å². The number of carbonyl (C=O) groups excluding carboxylic acids is 2. The van der Waals surface area contributed by atoms with Crippen molar-refractivity contribution in [2.75, 3.05) is 26.2 Å². The molecule has 0 radical (unpaired) electrons. The Hall–Kier alpha value is -1.84. The van der Waals surface area contributed by atoms with Gasteiger partial charge in [-0.05, 0) is 38.2 Å². The maximum atomic E-state index is 12.6. The van der Waals surface area contributed by atoms with Gasteiger partial charge in [0.2, 0.25) is 11.8 Å². The highest BCUT2D eigenvalue weighted by Crippen LogP contribution is 2.27. The topological polar surface area (TPSA) is 40.6 Å². The van der Waals surface area contributed by atoms with Gasteiger partial charge >= 0.3 is 0 Å². The zero-order chi connectivity index (χ0) is 17.6. The van der Waals surface area contributed by atoms with Crippen LogP contribution in [0.2, 0.25) is 0 Å². The molecular weight excluding hydrogens is 312 g/mol. The highest BCUT2D eigenvalue weighted by Gasteiger charge is 2.29. The van der Waals surface area contributed by atoms with E-state index in [1.165, 1.54) is 24.0 Å². The fourth-order valence-corrected chi connectivity index (χ4v) is 4.10. The van der Waals surface area contributed by atoms with Crippen LogP contribution in [0.1, 0.15) is 49.7 Å². The first-order chi connectivity index (χ1) is 12.1. The monoisotopic (exact) mass is 342 g/mol. The fourth-order valence-electron chi connectivity index (χ4n) is 4.10. The zero-order valence-corrected chi connectivity index (χ0v) is 15.4. The van der Waals surface area contributed by atoms with Gasteiger partial charge in [-0.3, -0.25) is 9.59 Å². The van der Waals surface area contributed by atoms with Crippen LogP contribution in [0.15, 0.2) is 24.3 Å². The highest BCUT2D eigenvalue weighted by molar-refractivity contribution is 5.79. The third-order valence-electron chi connectivity index (χ3n) is 5.57. The first-order valence-electron chi connectivity index (χ1n) is 9.75. The molecule has 4 nitrogen and oxygen atoms in total. The Balaban J connectivity index is 1.48. The molecule has 1 heterocycles. The molecule has 0 spiro atoms. The van der Waals surface area contributed by atoms with Crippen LogP contribution < -0.4 is 0 Å². The Bertz CT molecular complexity index is 608. The summed E-state index contributed by atoms with van der Waals surface area (Å²) in [5, 5.41) is 0. The van der Waals surface area contributed by atoms with Gasteiger partial charge in [-0.1, -0.05) is 42.7 Å². The second kappa shape index (κ2) is 8.50. The van der Waals surface area contributed by atoms with E-state index in [4.69, 9.17) is 0 Å². The van der Waals surface area contributed by atoms with Crippen molar-refractivity contribution in [2.24, 2.45) is 5.92 Å². The molecule has 25 heavy (non-hydrogen) atoms. The largest absolute Gasteiger partial charge is 0.341 e. The van der Waals surface area contributed by atoms with E-state index in [1.807, 2.05) is 15.9 Å². The van der Waals surface area contributed by atoms with Crippen molar-refractivity contribution in [1.29, 1.82) is 0 Å². The van der Waals surface area contributed by atoms with E-state index in [1.54, 1.807) is 0 Å². The lowest BCUT2D eigenvalue weighted by molar-refractivity contribution is -0.136. The van der Waals surface area contributed by atoms with Gasteiger partial charge in [0.25, 0.3) is 0 Å². The van der Waals surface area contributed by atoms with Crippen LogP contribution in [0.25, 0.3) is 0 Å². The van der Waals surface area contributed by atoms with E-state index in [2.05, 4.69) is 25.1 Å². The predicted molar refractivity (Wildman–Crippen MR) is 99.2 cm³/mol. The summed E-state index contributed by atoms with van der Waals surface area (Å²) in [4.78, 5) is 29.1. The molecule has 3 rings (SSSR count). The minimum Gasteiger partial charge on any atom is -0.341 e. The summed E-state index contributed by atoms with van der Waals surface area (Å²) < 4.78 is 0. The molecular formula is C21H30N2O2. The van der Waals surface area contributed by atoms with E-state index in [-0.39, 0.29) is 11.8 Å². The maximum absolute atomic E-state index is 12.6. The summed E-state index contributed by atoms with van der Waals surface area (Å²) in [6.45, 7) is 5.05. The molecule has 1 aliphatic heterocycles. The molecule has 2 fully saturated rings. The number of nitrogens with zero attached hydrogens (tertiary/aromatic N) is 2. The Morgan fingerprint density at radius 2 is 1.72 bits per heavy atom. The molecule has 136 valence electrons. The number of aryl methyl sites for hydroxylation is 2. The smallest absolute Gasteiger partial charge is 0.225 e. The molecule has 0 aromatic heterocycles. The zero-order valence-electron chi connectivity index (χ0n) is 15.4. The molecule has 2 amide bonds. The highest BCUT2D eigenvalue weighted by atomic mass is 16.2. The van der Waals surface area contributed by atoms with Crippen molar-refractivity contribution in [1.82, 2.24) is 9.80 Å². The molecule has 4 heteroatoms.